The maximum atomic E-state index is 11.5. The maximum absolute atomic E-state index is 11.5. The van der Waals surface area contributed by atoms with Crippen molar-refractivity contribution in [2.75, 3.05) is 11.9 Å². The summed E-state index contributed by atoms with van der Waals surface area (Å²) in [6.07, 6.45) is 0.822. The zero-order chi connectivity index (χ0) is 13.7. The van der Waals surface area contributed by atoms with E-state index in [0.717, 1.165) is 6.42 Å². The van der Waals surface area contributed by atoms with Crippen molar-refractivity contribution in [1.82, 2.24) is 5.32 Å². The minimum atomic E-state index is -0.475. The Bertz CT molecular complexity index is 477. The lowest BCUT2D eigenvalue weighted by molar-refractivity contribution is -0.385. The fraction of sp³-hybridized carbons (Fsp3) is 0.364. The molecule has 18 heavy (non-hydrogen) atoms. The zero-order valence-corrected chi connectivity index (χ0v) is 11.7. The molecule has 1 aromatic carbocycles. The lowest BCUT2D eigenvalue weighted by Crippen LogP contribution is -2.29. The summed E-state index contributed by atoms with van der Waals surface area (Å²) in [6.45, 7) is 4.13. The summed E-state index contributed by atoms with van der Waals surface area (Å²) in [7, 11) is 0. The largest absolute Gasteiger partial charge is 0.338 e. The minimum absolute atomic E-state index is 0.0241. The first-order valence-corrected chi connectivity index (χ1v) is 6.24. The Morgan fingerprint density at radius 3 is 2.72 bits per heavy atom. The van der Waals surface area contributed by atoms with Crippen LogP contribution in [0.3, 0.4) is 0 Å². The summed E-state index contributed by atoms with van der Waals surface area (Å²) >= 11 is 3.26. The van der Waals surface area contributed by atoms with Gasteiger partial charge in [0.15, 0.2) is 0 Å². The first-order chi connectivity index (χ1) is 8.45. The Balaban J connectivity index is 2.92. The van der Waals surface area contributed by atoms with Crippen LogP contribution in [0.2, 0.25) is 0 Å². The number of benzene rings is 1. The molecule has 2 amide bonds. The summed E-state index contributed by atoms with van der Waals surface area (Å²) in [5, 5.41) is 16.0. The van der Waals surface area contributed by atoms with Crippen LogP contribution in [0.4, 0.5) is 16.2 Å². The van der Waals surface area contributed by atoms with Gasteiger partial charge in [-0.05, 0) is 35.3 Å². The van der Waals surface area contributed by atoms with Gasteiger partial charge in [0.1, 0.15) is 0 Å². The van der Waals surface area contributed by atoms with E-state index in [0.29, 0.717) is 22.3 Å². The molecule has 0 radical (unpaired) electrons. The Kier molecular flexibility index (Phi) is 5.08. The molecule has 7 heteroatoms. The molecule has 1 aromatic rings. The summed E-state index contributed by atoms with van der Waals surface area (Å²) in [6, 6.07) is 2.56. The normalized spacial score (nSPS) is 9.94. The number of carbonyl (C=O) groups excluding carboxylic acids is 1. The molecule has 0 spiro atoms. The van der Waals surface area contributed by atoms with Gasteiger partial charge in [-0.1, -0.05) is 6.92 Å². The van der Waals surface area contributed by atoms with Crippen LogP contribution in [0.1, 0.15) is 18.9 Å². The quantitative estimate of drug-likeness (QED) is 0.661. The van der Waals surface area contributed by atoms with E-state index < -0.39 is 4.92 Å². The van der Waals surface area contributed by atoms with Crippen molar-refractivity contribution in [2.45, 2.75) is 20.3 Å². The van der Waals surface area contributed by atoms with E-state index in [9.17, 15) is 14.9 Å². The Morgan fingerprint density at radius 1 is 1.50 bits per heavy atom. The molecule has 6 nitrogen and oxygen atoms in total. The number of nitrogens with zero attached hydrogens (tertiary/aromatic N) is 1. The molecule has 0 heterocycles. The van der Waals surface area contributed by atoms with Crippen molar-refractivity contribution in [3.8, 4) is 0 Å². The number of halogens is 1. The molecule has 0 aromatic heterocycles. The highest BCUT2D eigenvalue weighted by atomic mass is 79.9. The number of aryl methyl sites for hydroxylation is 1. The van der Waals surface area contributed by atoms with Crippen molar-refractivity contribution in [1.29, 1.82) is 0 Å². The van der Waals surface area contributed by atoms with Crippen molar-refractivity contribution < 1.29 is 9.72 Å². The lowest BCUT2D eigenvalue weighted by atomic mass is 10.2. The smallest absolute Gasteiger partial charge is 0.319 e. The second-order valence-electron chi connectivity index (χ2n) is 3.76. The third-order valence-electron chi connectivity index (χ3n) is 2.27. The molecule has 0 aliphatic heterocycles. The highest BCUT2D eigenvalue weighted by molar-refractivity contribution is 9.10. The van der Waals surface area contributed by atoms with Crippen LogP contribution in [-0.4, -0.2) is 17.5 Å². The highest BCUT2D eigenvalue weighted by Crippen LogP contribution is 2.30. The van der Waals surface area contributed by atoms with Gasteiger partial charge in [-0.3, -0.25) is 10.1 Å². The van der Waals surface area contributed by atoms with Crippen molar-refractivity contribution in [3.63, 3.8) is 0 Å². The van der Waals surface area contributed by atoms with Gasteiger partial charge in [-0.15, -0.1) is 0 Å². The number of hydrogen-bond donors (Lipinski definition) is 2. The van der Waals surface area contributed by atoms with Crippen molar-refractivity contribution >= 4 is 33.3 Å². The summed E-state index contributed by atoms with van der Waals surface area (Å²) in [5.74, 6) is 0. The van der Waals surface area contributed by atoms with Crippen LogP contribution in [-0.2, 0) is 0 Å². The molecule has 1 rings (SSSR count). The number of nitro benzene ring substituents is 1. The van der Waals surface area contributed by atoms with Crippen LogP contribution in [0.25, 0.3) is 0 Å². The van der Waals surface area contributed by atoms with E-state index in [4.69, 9.17) is 0 Å². The Hall–Kier alpha value is -1.63. The average Bonchev–Trinajstić information content (AvgIpc) is 2.29. The lowest BCUT2D eigenvalue weighted by Gasteiger charge is -2.09. The van der Waals surface area contributed by atoms with Crippen molar-refractivity contribution in [2.24, 2.45) is 0 Å². The van der Waals surface area contributed by atoms with Gasteiger partial charge >= 0.3 is 6.03 Å². The van der Waals surface area contributed by atoms with E-state index >= 15 is 0 Å². The molecule has 98 valence electrons. The predicted molar refractivity (Wildman–Crippen MR) is 72.8 cm³/mol. The van der Waals surface area contributed by atoms with E-state index in [-0.39, 0.29) is 11.7 Å². The molecule has 0 saturated heterocycles. The fourth-order valence-corrected chi connectivity index (χ4v) is 1.92. The van der Waals surface area contributed by atoms with E-state index in [1.165, 1.54) is 6.07 Å². The number of nitrogens with one attached hydrogen (secondary N) is 2. The number of carbonyl (C=O) groups is 1. The van der Waals surface area contributed by atoms with Gasteiger partial charge in [-0.25, -0.2) is 4.79 Å². The topological polar surface area (TPSA) is 84.3 Å². The summed E-state index contributed by atoms with van der Waals surface area (Å²) in [4.78, 5) is 21.8. The first kappa shape index (κ1) is 14.4. The highest BCUT2D eigenvalue weighted by Gasteiger charge is 2.15. The van der Waals surface area contributed by atoms with Gasteiger partial charge in [0.25, 0.3) is 5.69 Å². The number of nitro groups is 1. The number of urea groups is 1. The van der Waals surface area contributed by atoms with Crippen LogP contribution in [0, 0.1) is 17.0 Å². The predicted octanol–water partition coefficient (Wildman–Crippen LogP) is 3.20. The van der Waals surface area contributed by atoms with Gasteiger partial charge in [-0.2, -0.15) is 0 Å². The molecule has 0 saturated carbocycles. The molecule has 0 aliphatic rings. The Labute approximate surface area is 113 Å². The molecule has 2 N–H and O–H groups in total. The van der Waals surface area contributed by atoms with E-state index in [2.05, 4.69) is 26.6 Å². The van der Waals surface area contributed by atoms with Crippen LogP contribution < -0.4 is 10.6 Å². The molecular formula is C11H14BrN3O3. The number of anilines is 1. The first-order valence-electron chi connectivity index (χ1n) is 5.45. The number of hydrogen-bond acceptors (Lipinski definition) is 3. The van der Waals surface area contributed by atoms with E-state index in [1.807, 2.05) is 6.92 Å². The third kappa shape index (κ3) is 3.69. The average molecular weight is 316 g/mol. The standard InChI is InChI=1S/C11H14BrN3O3/c1-3-4-13-11(16)14-9-6-10(15(17)18)7(2)5-8(9)12/h5-6H,3-4H2,1-2H3,(H2,13,14,16). The van der Waals surface area contributed by atoms with Crippen molar-refractivity contribution in [3.05, 3.63) is 32.3 Å². The molecule has 0 aliphatic carbocycles. The zero-order valence-electron chi connectivity index (χ0n) is 10.1. The molecule has 0 atom stereocenters. The second kappa shape index (κ2) is 6.34. The molecule has 0 fully saturated rings. The summed E-state index contributed by atoms with van der Waals surface area (Å²) < 4.78 is 0.609. The molecule has 0 bridgehead atoms. The number of rotatable bonds is 4. The van der Waals surface area contributed by atoms with Gasteiger partial charge in [0.05, 0.1) is 10.6 Å². The second-order valence-corrected chi connectivity index (χ2v) is 4.61. The maximum Gasteiger partial charge on any atom is 0.319 e. The van der Waals surface area contributed by atoms with Gasteiger partial charge < -0.3 is 10.6 Å². The van der Waals surface area contributed by atoms with Crippen LogP contribution >= 0.6 is 15.9 Å². The minimum Gasteiger partial charge on any atom is -0.338 e. The fourth-order valence-electron chi connectivity index (χ4n) is 1.36. The number of amides is 2. The molecular weight excluding hydrogens is 302 g/mol. The Morgan fingerprint density at radius 2 is 2.17 bits per heavy atom. The third-order valence-corrected chi connectivity index (χ3v) is 2.92. The monoisotopic (exact) mass is 315 g/mol. The molecule has 0 unspecified atom stereocenters. The van der Waals surface area contributed by atoms with Gasteiger partial charge in [0.2, 0.25) is 0 Å². The van der Waals surface area contributed by atoms with E-state index in [1.54, 1.807) is 13.0 Å². The van der Waals surface area contributed by atoms with Crippen LogP contribution in [0.5, 0.6) is 0 Å². The van der Waals surface area contributed by atoms with Crippen LogP contribution in [0.15, 0.2) is 16.6 Å². The SMILES string of the molecule is CCCNC(=O)Nc1cc([N+](=O)[O-])c(C)cc1Br. The van der Waals surface area contributed by atoms with Gasteiger partial charge in [0, 0.05) is 22.6 Å². The summed E-state index contributed by atoms with van der Waals surface area (Å²) in [5.41, 5.74) is 0.885.